The molecule has 0 saturated heterocycles. The number of ether oxygens (including phenoxy) is 2. The summed E-state index contributed by atoms with van der Waals surface area (Å²) < 4.78 is 11.6. The first-order valence-corrected chi connectivity index (χ1v) is 13.0. The van der Waals surface area contributed by atoms with Crippen LogP contribution in [0.4, 0.5) is 0 Å². The molecule has 3 aromatic carbocycles. The molecule has 0 radical (unpaired) electrons. The highest BCUT2D eigenvalue weighted by Crippen LogP contribution is 2.31. The number of hydrogen-bond acceptors (Lipinski definition) is 7. The van der Waals surface area contributed by atoms with Crippen LogP contribution in [0.1, 0.15) is 40.1 Å². The second kappa shape index (κ2) is 14.2. The van der Waals surface area contributed by atoms with Gasteiger partial charge in [0.15, 0.2) is 0 Å². The third-order valence-electron chi connectivity index (χ3n) is 5.90. The van der Waals surface area contributed by atoms with Gasteiger partial charge in [-0.3, -0.25) is 9.59 Å². The molecule has 0 aliphatic rings. The zero-order valence-electron chi connectivity index (χ0n) is 21.8. The Morgan fingerprint density at radius 3 is 2.38 bits per heavy atom. The van der Waals surface area contributed by atoms with E-state index in [4.69, 9.17) is 21.1 Å². The van der Waals surface area contributed by atoms with Crippen molar-refractivity contribution in [1.29, 1.82) is 0 Å². The minimum atomic E-state index is -0.939. The van der Waals surface area contributed by atoms with Crippen LogP contribution in [-0.4, -0.2) is 39.5 Å². The third kappa shape index (κ3) is 8.34. The molecule has 0 bridgehead atoms. The lowest BCUT2D eigenvalue weighted by Gasteiger charge is -2.19. The maximum atomic E-state index is 13.1. The molecule has 4 rings (SSSR count). The molecule has 1 aromatic heterocycles. The Labute approximate surface area is 237 Å². The van der Waals surface area contributed by atoms with Gasteiger partial charge in [0, 0.05) is 18.9 Å². The van der Waals surface area contributed by atoms with Crippen LogP contribution in [-0.2, 0) is 22.7 Å². The number of carbonyl (C=O) groups is 2. The predicted molar refractivity (Wildman–Crippen MR) is 150 cm³/mol. The molecule has 0 saturated carbocycles. The van der Waals surface area contributed by atoms with E-state index in [0.29, 0.717) is 28.7 Å². The highest BCUT2D eigenvalue weighted by molar-refractivity contribution is 6.32. The molecule has 3 N–H and O–H groups in total. The van der Waals surface area contributed by atoms with Crippen molar-refractivity contribution in [2.75, 3.05) is 6.61 Å². The van der Waals surface area contributed by atoms with Crippen LogP contribution >= 0.6 is 11.6 Å². The van der Waals surface area contributed by atoms with Crippen LogP contribution in [0.5, 0.6) is 11.5 Å². The van der Waals surface area contributed by atoms with Gasteiger partial charge in [0.1, 0.15) is 23.9 Å². The number of nitrogens with one attached hydrogen (secondary N) is 2. The summed E-state index contributed by atoms with van der Waals surface area (Å²) in [5, 5.41) is 15.6. The van der Waals surface area contributed by atoms with Gasteiger partial charge in [0.2, 0.25) is 5.91 Å². The first-order valence-electron chi connectivity index (χ1n) is 12.6. The van der Waals surface area contributed by atoms with Gasteiger partial charge in [-0.2, -0.15) is 0 Å². The molecule has 2 atom stereocenters. The van der Waals surface area contributed by atoms with Crippen molar-refractivity contribution < 1.29 is 24.2 Å². The Hall–Kier alpha value is -4.31. The van der Waals surface area contributed by atoms with Crippen LogP contribution < -0.4 is 15.4 Å². The first-order chi connectivity index (χ1) is 19.4. The quantitative estimate of drug-likeness (QED) is 0.231. The molecule has 9 nitrogen and oxygen atoms in total. The van der Waals surface area contributed by atoms with Gasteiger partial charge in [-0.05, 0) is 47.9 Å². The number of carbonyl (C=O) groups excluding carboxylic acids is 2. The van der Waals surface area contributed by atoms with E-state index >= 15 is 0 Å². The molecule has 2 amide bonds. The summed E-state index contributed by atoms with van der Waals surface area (Å²) in [5.41, 5.74) is 2.70. The Balaban J connectivity index is 1.35. The van der Waals surface area contributed by atoms with Crippen molar-refractivity contribution in [3.05, 3.63) is 119 Å². The summed E-state index contributed by atoms with van der Waals surface area (Å²) in [6.07, 6.45) is 3.44. The zero-order chi connectivity index (χ0) is 28.3. The van der Waals surface area contributed by atoms with Crippen LogP contribution in [0.2, 0.25) is 5.02 Å². The lowest BCUT2D eigenvalue weighted by Crippen LogP contribution is -2.49. The summed E-state index contributed by atoms with van der Waals surface area (Å²) in [5.74, 6) is 0.144. The molecule has 0 fully saturated rings. The van der Waals surface area contributed by atoms with E-state index in [0.717, 1.165) is 11.1 Å². The topological polar surface area (TPSA) is 123 Å². The number of aliphatic hydroxyl groups is 1. The Morgan fingerprint density at radius 1 is 0.975 bits per heavy atom. The Kier molecular flexibility index (Phi) is 10.2. The van der Waals surface area contributed by atoms with Gasteiger partial charge >= 0.3 is 0 Å². The van der Waals surface area contributed by atoms with Crippen molar-refractivity contribution in [1.82, 2.24) is 20.6 Å². The normalized spacial score (nSPS) is 12.3. The maximum Gasteiger partial charge on any atom is 0.255 e. The highest BCUT2D eigenvalue weighted by Gasteiger charge is 2.22. The first kappa shape index (κ1) is 28.7. The molecule has 40 heavy (non-hydrogen) atoms. The van der Waals surface area contributed by atoms with Gasteiger partial charge in [-0.15, -0.1) is 0 Å². The monoisotopic (exact) mass is 560 g/mol. The van der Waals surface area contributed by atoms with Crippen molar-refractivity contribution >= 4 is 23.4 Å². The summed E-state index contributed by atoms with van der Waals surface area (Å²) >= 11 is 6.28. The van der Waals surface area contributed by atoms with Gasteiger partial charge in [-0.25, -0.2) is 9.97 Å². The number of benzene rings is 3. The van der Waals surface area contributed by atoms with Gasteiger partial charge in [0.25, 0.3) is 5.91 Å². The Bertz CT molecular complexity index is 1400. The van der Waals surface area contributed by atoms with Crippen molar-refractivity contribution in [2.45, 2.75) is 32.2 Å². The van der Waals surface area contributed by atoms with E-state index < -0.39 is 24.0 Å². The highest BCUT2D eigenvalue weighted by atomic mass is 35.5. The molecule has 0 aliphatic heterocycles. The van der Waals surface area contributed by atoms with Crippen LogP contribution in [0, 0.1) is 0 Å². The molecule has 4 aromatic rings. The molecule has 1 heterocycles. The molecule has 10 heteroatoms. The number of amides is 2. The second-order valence-electron chi connectivity index (χ2n) is 8.98. The largest absolute Gasteiger partial charge is 0.456 e. The summed E-state index contributed by atoms with van der Waals surface area (Å²) in [7, 11) is 0. The number of aliphatic hydroxyl groups excluding tert-OH is 1. The number of nitrogens with zero attached hydrogens (tertiary/aromatic N) is 2. The molecule has 1 unspecified atom stereocenters. The van der Waals surface area contributed by atoms with Crippen molar-refractivity contribution in [3.63, 3.8) is 0 Å². The maximum absolute atomic E-state index is 13.1. The van der Waals surface area contributed by atoms with Gasteiger partial charge in [-0.1, -0.05) is 60.1 Å². The molecular weight excluding hydrogens is 532 g/mol. The van der Waals surface area contributed by atoms with Crippen LogP contribution in [0.25, 0.3) is 0 Å². The summed E-state index contributed by atoms with van der Waals surface area (Å²) in [4.78, 5) is 33.4. The number of rotatable bonds is 12. The fourth-order valence-electron chi connectivity index (χ4n) is 3.68. The van der Waals surface area contributed by atoms with Crippen LogP contribution in [0.3, 0.4) is 0 Å². The second-order valence-corrected chi connectivity index (χ2v) is 9.39. The fraction of sp³-hybridized carbons (Fsp3) is 0.200. The molecular formula is C30H29ClN4O5. The van der Waals surface area contributed by atoms with E-state index in [2.05, 4.69) is 20.6 Å². The van der Waals surface area contributed by atoms with E-state index in [9.17, 15) is 14.7 Å². The predicted octanol–water partition coefficient (Wildman–Crippen LogP) is 4.61. The number of hydrogen-bond donors (Lipinski definition) is 3. The smallest absolute Gasteiger partial charge is 0.255 e. The van der Waals surface area contributed by atoms with Crippen LogP contribution in [0.15, 0.2) is 91.5 Å². The average molecular weight is 561 g/mol. The number of aromatic nitrogens is 2. The fourth-order valence-corrected chi connectivity index (χ4v) is 3.91. The summed E-state index contributed by atoms with van der Waals surface area (Å²) in [6.45, 7) is 2.15. The third-order valence-corrected chi connectivity index (χ3v) is 6.19. The van der Waals surface area contributed by atoms with Gasteiger partial charge < -0.3 is 25.2 Å². The number of halogens is 1. The van der Waals surface area contributed by atoms with E-state index in [1.165, 1.54) is 18.7 Å². The lowest BCUT2D eigenvalue weighted by molar-refractivity contribution is -0.124. The standard InChI is InChI=1S/C30H29ClN4O5/c1-20(36)23-9-12-28(26(31)13-23)40-25-10-7-21(8-11-25)14-34-30(38)27(18-39-17-22-5-3-2-4-6-22)35-29(37)24-15-32-19-33-16-24/h2-13,15-16,19-20,27,36H,14,17-18H2,1H3,(H,34,38)(H,35,37)/t20?,27-/m0/s1. The SMILES string of the molecule is CC(O)c1ccc(Oc2ccc(CNC(=O)[C@H](COCc3ccccc3)NC(=O)c3cncnc3)cc2)c(Cl)c1. The van der Waals surface area contributed by atoms with E-state index in [-0.39, 0.29) is 18.7 Å². The van der Waals surface area contributed by atoms with E-state index in [1.54, 1.807) is 37.3 Å². The zero-order valence-corrected chi connectivity index (χ0v) is 22.5. The minimum Gasteiger partial charge on any atom is -0.456 e. The minimum absolute atomic E-state index is 0.0262. The molecule has 206 valence electrons. The molecule has 0 aliphatic carbocycles. The Morgan fingerprint density at radius 2 is 1.70 bits per heavy atom. The molecule has 0 spiro atoms. The van der Waals surface area contributed by atoms with Crippen molar-refractivity contribution in [2.24, 2.45) is 0 Å². The van der Waals surface area contributed by atoms with Gasteiger partial charge in [0.05, 0.1) is 29.9 Å². The van der Waals surface area contributed by atoms with Crippen molar-refractivity contribution in [3.8, 4) is 11.5 Å². The van der Waals surface area contributed by atoms with E-state index in [1.807, 2.05) is 42.5 Å². The lowest BCUT2D eigenvalue weighted by atomic mass is 10.1. The average Bonchev–Trinajstić information content (AvgIpc) is 2.98. The summed E-state index contributed by atoms with van der Waals surface area (Å²) in [6, 6.07) is 20.9.